The van der Waals surface area contributed by atoms with Gasteiger partial charge in [-0.25, -0.2) is 9.59 Å². The van der Waals surface area contributed by atoms with Crippen molar-refractivity contribution in [1.82, 2.24) is 10.6 Å². The number of hydrogen-bond acceptors (Lipinski definition) is 6. The predicted octanol–water partition coefficient (Wildman–Crippen LogP) is -0.632. The number of hydrogen-bond donors (Lipinski definition) is 4. The normalized spacial score (nSPS) is 12.6. The number of esters is 1. The lowest BCUT2D eigenvalue weighted by atomic mass is 9.99. The fraction of sp³-hybridized carbons (Fsp3) is 0.444. The number of rotatable bonds is 10. The quantitative estimate of drug-likeness (QED) is 0.396. The molecule has 9 heteroatoms. The van der Waals surface area contributed by atoms with Crippen molar-refractivity contribution in [2.24, 2.45) is 5.73 Å². The van der Waals surface area contributed by atoms with Crippen LogP contribution < -0.4 is 16.4 Å². The summed E-state index contributed by atoms with van der Waals surface area (Å²) in [5.41, 5.74) is 6.72. The minimum absolute atomic E-state index is 0.0878. The highest BCUT2D eigenvalue weighted by Crippen LogP contribution is 2.11. The van der Waals surface area contributed by atoms with E-state index in [4.69, 9.17) is 10.5 Å². The molecule has 9 nitrogen and oxygen atoms in total. The molecule has 5 N–H and O–H groups in total. The van der Waals surface area contributed by atoms with E-state index < -0.39 is 29.9 Å². The summed E-state index contributed by atoms with van der Waals surface area (Å²) in [4.78, 5) is 46.1. The van der Waals surface area contributed by atoms with E-state index in [1.807, 2.05) is 0 Å². The molecule has 2 atom stereocenters. The molecule has 0 spiro atoms. The van der Waals surface area contributed by atoms with Gasteiger partial charge in [0.05, 0.1) is 7.11 Å². The van der Waals surface area contributed by atoms with Crippen molar-refractivity contribution in [3.63, 3.8) is 0 Å². The molecule has 0 radical (unpaired) electrons. The van der Waals surface area contributed by atoms with E-state index in [0.29, 0.717) is 11.1 Å². The molecule has 1 aromatic rings. The Balaban J connectivity index is 2.91. The maximum absolute atomic E-state index is 11.9. The van der Waals surface area contributed by atoms with Crippen molar-refractivity contribution in [3.05, 3.63) is 35.4 Å². The number of carbonyl (C=O) groups is 4. The minimum atomic E-state index is -1.14. The Morgan fingerprint density at radius 2 is 1.70 bits per heavy atom. The van der Waals surface area contributed by atoms with Crippen molar-refractivity contribution in [1.29, 1.82) is 0 Å². The number of benzene rings is 1. The Hall–Kier alpha value is -2.94. The number of amides is 2. The van der Waals surface area contributed by atoms with Gasteiger partial charge in [0.25, 0.3) is 0 Å². The van der Waals surface area contributed by atoms with Crippen molar-refractivity contribution in [3.8, 4) is 0 Å². The van der Waals surface area contributed by atoms with Crippen molar-refractivity contribution in [2.75, 3.05) is 13.7 Å². The van der Waals surface area contributed by atoms with Gasteiger partial charge in [-0.1, -0.05) is 24.3 Å². The van der Waals surface area contributed by atoms with Crippen LogP contribution in [0.25, 0.3) is 0 Å². The molecule has 1 rings (SSSR count). The lowest BCUT2D eigenvalue weighted by Crippen LogP contribution is -2.43. The van der Waals surface area contributed by atoms with E-state index >= 15 is 0 Å². The molecule has 148 valence electrons. The zero-order valence-electron chi connectivity index (χ0n) is 15.4. The third-order valence-electron chi connectivity index (χ3n) is 3.74. The van der Waals surface area contributed by atoms with E-state index in [-0.39, 0.29) is 31.7 Å². The van der Waals surface area contributed by atoms with Crippen LogP contribution in [0.2, 0.25) is 0 Å². The van der Waals surface area contributed by atoms with E-state index in [1.165, 1.54) is 14.0 Å². The molecule has 0 aliphatic heterocycles. The Bertz CT molecular complexity index is 691. The smallest absolute Gasteiger partial charge is 0.328 e. The predicted molar refractivity (Wildman–Crippen MR) is 96.7 cm³/mol. The number of nitrogens with two attached hydrogens (primary N) is 1. The fourth-order valence-electron chi connectivity index (χ4n) is 2.53. The van der Waals surface area contributed by atoms with Crippen LogP contribution >= 0.6 is 0 Å². The van der Waals surface area contributed by atoms with Gasteiger partial charge in [-0.3, -0.25) is 9.59 Å². The highest BCUT2D eigenvalue weighted by Gasteiger charge is 2.23. The average Bonchev–Trinajstić information content (AvgIpc) is 2.60. The van der Waals surface area contributed by atoms with Crippen LogP contribution in [0.1, 0.15) is 24.5 Å². The molecule has 0 saturated heterocycles. The lowest BCUT2D eigenvalue weighted by Gasteiger charge is -2.18. The van der Waals surface area contributed by atoms with E-state index in [0.717, 1.165) is 0 Å². The summed E-state index contributed by atoms with van der Waals surface area (Å²) in [6, 6.07) is 4.98. The number of aliphatic carboxylic acids is 1. The van der Waals surface area contributed by atoms with Crippen LogP contribution in [0, 0.1) is 0 Å². The molecule has 0 aliphatic rings. The summed E-state index contributed by atoms with van der Waals surface area (Å²) in [7, 11) is 1.23. The van der Waals surface area contributed by atoms with E-state index in [9.17, 15) is 24.3 Å². The summed E-state index contributed by atoms with van der Waals surface area (Å²) in [5.74, 6) is -2.53. The Morgan fingerprint density at radius 1 is 1.11 bits per heavy atom. The zero-order valence-corrected chi connectivity index (χ0v) is 15.4. The second-order valence-electron chi connectivity index (χ2n) is 6.00. The van der Waals surface area contributed by atoms with Gasteiger partial charge in [-0.05, 0) is 11.1 Å². The second-order valence-corrected chi connectivity index (χ2v) is 6.00. The van der Waals surface area contributed by atoms with Crippen molar-refractivity contribution >= 4 is 23.8 Å². The van der Waals surface area contributed by atoms with E-state index in [2.05, 4.69) is 10.6 Å². The lowest BCUT2D eigenvalue weighted by molar-refractivity contribution is -0.145. The van der Waals surface area contributed by atoms with Gasteiger partial charge in [0.2, 0.25) is 11.8 Å². The molecule has 0 aliphatic carbocycles. The van der Waals surface area contributed by atoms with E-state index in [1.54, 1.807) is 24.3 Å². The summed E-state index contributed by atoms with van der Waals surface area (Å²) < 4.78 is 4.72. The van der Waals surface area contributed by atoms with Crippen LogP contribution in [0.3, 0.4) is 0 Å². The number of ether oxygens (including phenoxy) is 1. The Labute approximate surface area is 157 Å². The maximum Gasteiger partial charge on any atom is 0.328 e. The summed E-state index contributed by atoms with van der Waals surface area (Å²) in [6.07, 6.45) is 0.352. The van der Waals surface area contributed by atoms with Gasteiger partial charge in [0.1, 0.15) is 12.1 Å². The molecule has 2 amide bonds. The summed E-state index contributed by atoms with van der Waals surface area (Å²) in [5, 5.41) is 14.2. The van der Waals surface area contributed by atoms with Crippen LogP contribution in [-0.4, -0.2) is 54.6 Å². The van der Waals surface area contributed by atoms with Crippen LogP contribution in [0.4, 0.5) is 0 Å². The zero-order chi connectivity index (χ0) is 20.4. The number of carboxylic acids is 1. The fourth-order valence-corrected chi connectivity index (χ4v) is 2.53. The average molecular weight is 379 g/mol. The monoisotopic (exact) mass is 379 g/mol. The summed E-state index contributed by atoms with van der Waals surface area (Å²) in [6.45, 7) is 1.41. The highest BCUT2D eigenvalue weighted by atomic mass is 16.5. The van der Waals surface area contributed by atoms with Crippen molar-refractivity contribution in [2.45, 2.75) is 38.3 Å². The Kier molecular flexibility index (Phi) is 8.94. The molecule has 1 aromatic carbocycles. The number of carboxylic acid groups (broad SMARTS) is 1. The molecule has 0 unspecified atom stereocenters. The first-order valence-corrected chi connectivity index (χ1v) is 8.41. The molecular formula is C18H25N3O6. The Morgan fingerprint density at radius 3 is 2.19 bits per heavy atom. The topological polar surface area (TPSA) is 148 Å². The number of nitrogens with one attached hydrogen (secondary N) is 2. The van der Waals surface area contributed by atoms with Gasteiger partial charge < -0.3 is 26.2 Å². The number of carbonyl (C=O) groups excluding carboxylic acids is 3. The molecular weight excluding hydrogens is 354 g/mol. The largest absolute Gasteiger partial charge is 0.480 e. The van der Waals surface area contributed by atoms with Gasteiger partial charge in [-0.15, -0.1) is 0 Å². The number of methoxy groups -OCH3 is 1. The standard InChI is InChI=1S/C18H25N3O6/c1-11(22)20-14(17(24)25)9-12-4-3-5-13(8-12)10-15(18(26)27-2)21-16(23)6-7-19/h3-5,8,14-15H,6-7,9-10,19H2,1-2H3,(H,20,22)(H,21,23)(H,24,25)/t14-,15-/m0/s1. The molecule has 0 bridgehead atoms. The van der Waals surface area contributed by atoms with Crippen molar-refractivity contribution < 1.29 is 29.0 Å². The third-order valence-corrected chi connectivity index (χ3v) is 3.74. The first-order valence-electron chi connectivity index (χ1n) is 8.41. The van der Waals surface area contributed by atoms with Gasteiger partial charge in [0, 0.05) is 32.7 Å². The van der Waals surface area contributed by atoms with Crippen LogP contribution in [0.5, 0.6) is 0 Å². The first-order chi connectivity index (χ1) is 12.8. The molecule has 27 heavy (non-hydrogen) atoms. The first kappa shape index (κ1) is 22.1. The van der Waals surface area contributed by atoms with Gasteiger partial charge in [0.15, 0.2) is 0 Å². The van der Waals surface area contributed by atoms with Gasteiger partial charge in [-0.2, -0.15) is 0 Å². The molecule has 0 saturated carbocycles. The third kappa shape index (κ3) is 7.87. The summed E-state index contributed by atoms with van der Waals surface area (Å²) >= 11 is 0. The van der Waals surface area contributed by atoms with Crippen LogP contribution in [0.15, 0.2) is 24.3 Å². The van der Waals surface area contributed by atoms with Crippen LogP contribution in [-0.2, 0) is 36.8 Å². The van der Waals surface area contributed by atoms with Gasteiger partial charge >= 0.3 is 11.9 Å². The SMILES string of the molecule is COC(=O)[C@H](Cc1cccc(C[C@H](NC(C)=O)C(=O)O)c1)NC(=O)CCN. The molecule has 0 aromatic heterocycles. The molecule has 0 fully saturated rings. The highest BCUT2D eigenvalue weighted by molar-refractivity contribution is 5.84. The maximum atomic E-state index is 11.9. The second kappa shape index (κ2) is 10.9. The molecule has 0 heterocycles. The minimum Gasteiger partial charge on any atom is -0.480 e.